The van der Waals surface area contributed by atoms with Gasteiger partial charge in [-0.25, -0.2) is 9.13 Å². The fourth-order valence-electron chi connectivity index (χ4n) is 1.84. The summed E-state index contributed by atoms with van der Waals surface area (Å²) in [5, 5.41) is 9.36. The monoisotopic (exact) mass is 225 g/mol. The van der Waals surface area contributed by atoms with Crippen LogP contribution in [-0.2, 0) is 6.54 Å². The Hall–Kier alpha value is -0.830. The number of hydrogen-bond acceptors (Lipinski definition) is 1. The zero-order valence-electron chi connectivity index (χ0n) is 10.6. The molecule has 1 aromatic rings. The van der Waals surface area contributed by atoms with Gasteiger partial charge in [0.2, 0.25) is 6.33 Å². The number of nitrogens with zero attached hydrogens (tertiary/aromatic N) is 2. The molecule has 0 aliphatic heterocycles. The third kappa shape index (κ3) is 4.79. The number of aryl methyl sites for hydroxylation is 1. The van der Waals surface area contributed by atoms with Gasteiger partial charge in [-0.1, -0.05) is 32.6 Å². The molecule has 1 heterocycles. The van der Waals surface area contributed by atoms with Gasteiger partial charge in [0.25, 0.3) is 0 Å². The van der Waals surface area contributed by atoms with Gasteiger partial charge in [-0.15, -0.1) is 0 Å². The van der Waals surface area contributed by atoms with E-state index in [0.29, 0.717) is 0 Å². The van der Waals surface area contributed by atoms with E-state index in [2.05, 4.69) is 11.5 Å². The minimum absolute atomic E-state index is 0.425. The van der Waals surface area contributed by atoms with Gasteiger partial charge >= 0.3 is 0 Å². The molecule has 0 amide bonds. The van der Waals surface area contributed by atoms with Gasteiger partial charge < -0.3 is 5.11 Å². The SMILES string of the molecule is CCCCCCCC[n+]1ccn(C(C)O)c1. The summed E-state index contributed by atoms with van der Waals surface area (Å²) in [7, 11) is 0. The molecule has 0 radical (unpaired) electrons. The van der Waals surface area contributed by atoms with Crippen LogP contribution in [-0.4, -0.2) is 9.67 Å². The first-order valence-electron chi connectivity index (χ1n) is 6.48. The lowest BCUT2D eigenvalue weighted by atomic mass is 10.1. The molecule has 92 valence electrons. The highest BCUT2D eigenvalue weighted by Gasteiger charge is 2.06. The largest absolute Gasteiger partial charge is 0.355 e. The average Bonchev–Trinajstić information content (AvgIpc) is 2.72. The molecule has 3 nitrogen and oxygen atoms in total. The molecular weight excluding hydrogens is 200 g/mol. The molecule has 0 aromatic carbocycles. The van der Waals surface area contributed by atoms with Gasteiger partial charge in [0.05, 0.1) is 6.54 Å². The van der Waals surface area contributed by atoms with Gasteiger partial charge in [-0.2, -0.15) is 0 Å². The van der Waals surface area contributed by atoms with Crippen molar-refractivity contribution < 1.29 is 9.67 Å². The predicted molar refractivity (Wildman–Crippen MR) is 64.9 cm³/mol. The van der Waals surface area contributed by atoms with Crippen LogP contribution in [0.25, 0.3) is 0 Å². The molecule has 0 saturated heterocycles. The third-order valence-electron chi connectivity index (χ3n) is 2.91. The summed E-state index contributed by atoms with van der Waals surface area (Å²) in [5.41, 5.74) is 0. The Morgan fingerprint density at radius 2 is 1.88 bits per heavy atom. The molecule has 1 rings (SSSR count). The minimum atomic E-state index is -0.425. The van der Waals surface area contributed by atoms with Crippen LogP contribution in [0.3, 0.4) is 0 Å². The summed E-state index contributed by atoms with van der Waals surface area (Å²) >= 11 is 0. The van der Waals surface area contributed by atoms with E-state index >= 15 is 0 Å². The molecule has 0 bridgehead atoms. The summed E-state index contributed by atoms with van der Waals surface area (Å²) < 4.78 is 3.96. The van der Waals surface area contributed by atoms with Crippen molar-refractivity contribution in [2.45, 2.75) is 65.1 Å². The third-order valence-corrected chi connectivity index (χ3v) is 2.91. The van der Waals surface area contributed by atoms with E-state index in [1.165, 1.54) is 38.5 Å². The standard InChI is InChI=1S/C13H25N2O/c1-3-4-5-6-7-8-9-14-10-11-15(12-14)13(2)16/h10-13,16H,3-9H2,1-2H3/q+1. The lowest BCUT2D eigenvalue weighted by Gasteiger charge is -1.99. The molecule has 0 aliphatic rings. The maximum absolute atomic E-state index is 9.36. The van der Waals surface area contributed by atoms with Crippen LogP contribution in [0, 0.1) is 0 Å². The van der Waals surface area contributed by atoms with Crippen molar-refractivity contribution in [2.75, 3.05) is 0 Å². The second kappa shape index (κ2) is 7.44. The second-order valence-electron chi connectivity index (χ2n) is 4.50. The molecule has 0 saturated carbocycles. The number of hydrogen-bond donors (Lipinski definition) is 1. The highest BCUT2D eigenvalue weighted by atomic mass is 16.3. The van der Waals surface area contributed by atoms with Crippen molar-refractivity contribution in [3.8, 4) is 0 Å². The summed E-state index contributed by atoms with van der Waals surface area (Å²) in [6.07, 6.45) is 13.4. The van der Waals surface area contributed by atoms with Crippen molar-refractivity contribution in [3.05, 3.63) is 18.7 Å². The second-order valence-corrected chi connectivity index (χ2v) is 4.50. The van der Waals surface area contributed by atoms with Crippen molar-refractivity contribution in [1.82, 2.24) is 4.57 Å². The average molecular weight is 225 g/mol. The van der Waals surface area contributed by atoms with E-state index in [4.69, 9.17) is 0 Å². The zero-order valence-corrected chi connectivity index (χ0v) is 10.6. The zero-order chi connectivity index (χ0) is 11.8. The first-order valence-corrected chi connectivity index (χ1v) is 6.48. The number of unbranched alkanes of at least 4 members (excludes halogenated alkanes) is 5. The van der Waals surface area contributed by atoms with Crippen LogP contribution in [0.15, 0.2) is 18.7 Å². The quantitative estimate of drug-likeness (QED) is 0.535. The maximum Gasteiger partial charge on any atom is 0.245 e. The van der Waals surface area contributed by atoms with Crippen LogP contribution in [0.4, 0.5) is 0 Å². The number of aliphatic hydroxyl groups excluding tert-OH is 1. The van der Waals surface area contributed by atoms with Gasteiger partial charge in [0.15, 0.2) is 6.23 Å². The number of imidazole rings is 1. The predicted octanol–water partition coefficient (Wildman–Crippen LogP) is 2.65. The van der Waals surface area contributed by atoms with E-state index in [0.717, 1.165) is 6.54 Å². The smallest absolute Gasteiger partial charge is 0.245 e. The maximum atomic E-state index is 9.36. The van der Waals surface area contributed by atoms with E-state index in [1.54, 1.807) is 6.92 Å². The molecule has 0 aliphatic carbocycles. The number of aromatic nitrogens is 2. The van der Waals surface area contributed by atoms with Crippen molar-refractivity contribution in [2.24, 2.45) is 0 Å². The Bertz CT molecular complexity index is 281. The molecule has 0 spiro atoms. The van der Waals surface area contributed by atoms with E-state index in [-0.39, 0.29) is 0 Å². The molecule has 1 aromatic heterocycles. The summed E-state index contributed by atoms with van der Waals surface area (Å²) in [5.74, 6) is 0. The molecule has 0 fully saturated rings. The Kier molecular flexibility index (Phi) is 6.16. The molecule has 1 unspecified atom stereocenters. The van der Waals surface area contributed by atoms with Crippen LogP contribution >= 0.6 is 0 Å². The van der Waals surface area contributed by atoms with Crippen molar-refractivity contribution in [3.63, 3.8) is 0 Å². The van der Waals surface area contributed by atoms with Crippen molar-refractivity contribution in [1.29, 1.82) is 0 Å². The number of rotatable bonds is 8. The van der Waals surface area contributed by atoms with E-state index in [1.807, 2.05) is 23.3 Å². The highest BCUT2D eigenvalue weighted by molar-refractivity contribution is 4.67. The Balaban J connectivity index is 2.12. The van der Waals surface area contributed by atoms with E-state index in [9.17, 15) is 5.11 Å². The molecule has 1 N–H and O–H groups in total. The Morgan fingerprint density at radius 3 is 2.50 bits per heavy atom. The topological polar surface area (TPSA) is 29.0 Å². The highest BCUT2D eigenvalue weighted by Crippen LogP contribution is 2.05. The van der Waals surface area contributed by atoms with Crippen LogP contribution in [0.1, 0.15) is 58.6 Å². The van der Waals surface area contributed by atoms with Gasteiger partial charge in [0.1, 0.15) is 12.4 Å². The van der Waals surface area contributed by atoms with E-state index < -0.39 is 6.23 Å². The fourth-order valence-corrected chi connectivity index (χ4v) is 1.84. The van der Waals surface area contributed by atoms with Crippen LogP contribution < -0.4 is 4.57 Å². The van der Waals surface area contributed by atoms with Gasteiger partial charge in [-0.05, 0) is 12.8 Å². The Labute approximate surface area is 98.7 Å². The molecule has 16 heavy (non-hydrogen) atoms. The molecular formula is C13H25N2O+. The molecule has 3 heteroatoms. The van der Waals surface area contributed by atoms with Crippen molar-refractivity contribution >= 4 is 0 Å². The van der Waals surface area contributed by atoms with Crippen LogP contribution in [0.5, 0.6) is 0 Å². The minimum Gasteiger partial charge on any atom is -0.355 e. The lowest BCUT2D eigenvalue weighted by Crippen LogP contribution is -2.31. The van der Waals surface area contributed by atoms with Crippen LogP contribution in [0.2, 0.25) is 0 Å². The molecule has 1 atom stereocenters. The number of aliphatic hydroxyl groups is 1. The van der Waals surface area contributed by atoms with Gasteiger partial charge in [0, 0.05) is 6.92 Å². The first kappa shape index (κ1) is 13.2. The van der Waals surface area contributed by atoms with Gasteiger partial charge in [-0.3, -0.25) is 0 Å². The summed E-state index contributed by atoms with van der Waals surface area (Å²) in [6.45, 7) is 5.08. The summed E-state index contributed by atoms with van der Waals surface area (Å²) in [6, 6.07) is 0. The summed E-state index contributed by atoms with van der Waals surface area (Å²) in [4.78, 5) is 0. The Morgan fingerprint density at radius 1 is 1.19 bits per heavy atom. The fraction of sp³-hybridized carbons (Fsp3) is 0.769. The lowest BCUT2D eigenvalue weighted by molar-refractivity contribution is -0.697. The first-order chi connectivity index (χ1) is 7.74. The normalized spacial score (nSPS) is 12.9.